The molecule has 0 spiro atoms. The average Bonchev–Trinajstić information content (AvgIpc) is 2.64. The molecule has 19 heavy (non-hydrogen) atoms. The second-order valence-corrected chi connectivity index (χ2v) is 6.65. The fourth-order valence-electron chi connectivity index (χ4n) is 2.08. The second-order valence-electron chi connectivity index (χ2n) is 4.42. The fraction of sp³-hybridized carbons (Fsp3) is 0.818. The fourth-order valence-corrected chi connectivity index (χ4v) is 3.81. The van der Waals surface area contributed by atoms with Gasteiger partial charge in [0.15, 0.2) is 9.84 Å². The van der Waals surface area contributed by atoms with Crippen LogP contribution in [0.5, 0.6) is 0 Å². The molecule has 0 aromatic carbocycles. The SMILES string of the molecule is CCOC(=O)NCCN(C(C)=O)C1CCS(=O)(=O)C1. The van der Waals surface area contributed by atoms with E-state index in [0.717, 1.165) is 0 Å². The van der Waals surface area contributed by atoms with E-state index in [1.165, 1.54) is 11.8 Å². The number of rotatable bonds is 5. The van der Waals surface area contributed by atoms with Gasteiger partial charge in [0.25, 0.3) is 0 Å². The number of nitrogens with one attached hydrogen (secondary N) is 1. The molecule has 1 unspecified atom stereocenters. The summed E-state index contributed by atoms with van der Waals surface area (Å²) in [5.74, 6) is -0.0635. The van der Waals surface area contributed by atoms with Crippen LogP contribution < -0.4 is 5.32 Å². The Morgan fingerprint density at radius 1 is 1.42 bits per heavy atom. The van der Waals surface area contributed by atoms with Gasteiger partial charge in [-0.3, -0.25) is 4.79 Å². The quantitative estimate of drug-likeness (QED) is 0.755. The monoisotopic (exact) mass is 292 g/mol. The summed E-state index contributed by atoms with van der Waals surface area (Å²) in [4.78, 5) is 24.1. The van der Waals surface area contributed by atoms with Gasteiger partial charge in [-0.05, 0) is 13.3 Å². The van der Waals surface area contributed by atoms with Gasteiger partial charge in [0.2, 0.25) is 5.91 Å². The summed E-state index contributed by atoms with van der Waals surface area (Å²) in [5, 5.41) is 2.51. The van der Waals surface area contributed by atoms with Gasteiger partial charge in [0.1, 0.15) is 0 Å². The Kier molecular flexibility index (Phi) is 5.59. The molecular formula is C11H20N2O5S. The summed E-state index contributed by atoms with van der Waals surface area (Å²) in [6.45, 7) is 3.91. The smallest absolute Gasteiger partial charge is 0.407 e. The Morgan fingerprint density at radius 2 is 2.11 bits per heavy atom. The molecule has 0 radical (unpaired) electrons. The molecule has 7 nitrogen and oxygen atoms in total. The first kappa shape index (κ1) is 15.7. The second kappa shape index (κ2) is 6.74. The highest BCUT2D eigenvalue weighted by molar-refractivity contribution is 7.91. The molecule has 1 rings (SSSR count). The number of sulfone groups is 1. The molecule has 0 bridgehead atoms. The third kappa shape index (κ3) is 5.06. The number of hydrogen-bond donors (Lipinski definition) is 1. The summed E-state index contributed by atoms with van der Waals surface area (Å²) < 4.78 is 27.5. The Bertz CT molecular complexity index is 434. The summed E-state index contributed by atoms with van der Waals surface area (Å²) in [6, 6.07) is -0.286. The van der Waals surface area contributed by atoms with Crippen molar-refractivity contribution in [1.82, 2.24) is 10.2 Å². The first-order valence-electron chi connectivity index (χ1n) is 6.24. The molecule has 1 aliphatic heterocycles. The molecule has 8 heteroatoms. The van der Waals surface area contributed by atoms with E-state index in [1.54, 1.807) is 6.92 Å². The van der Waals surface area contributed by atoms with Gasteiger partial charge < -0.3 is 15.0 Å². The van der Waals surface area contributed by atoms with E-state index in [9.17, 15) is 18.0 Å². The van der Waals surface area contributed by atoms with Crippen LogP contribution in [0.2, 0.25) is 0 Å². The van der Waals surface area contributed by atoms with Crippen LogP contribution in [-0.2, 0) is 19.4 Å². The maximum atomic E-state index is 11.5. The standard InChI is InChI=1S/C11H20N2O5S/c1-3-18-11(15)12-5-6-13(9(2)14)10-4-7-19(16,17)8-10/h10H,3-8H2,1-2H3,(H,12,15). The van der Waals surface area contributed by atoms with Gasteiger partial charge in [-0.2, -0.15) is 0 Å². The van der Waals surface area contributed by atoms with Crippen LogP contribution in [0.15, 0.2) is 0 Å². The van der Waals surface area contributed by atoms with Crippen molar-refractivity contribution >= 4 is 21.8 Å². The van der Waals surface area contributed by atoms with E-state index in [0.29, 0.717) is 6.42 Å². The molecule has 1 aliphatic rings. The van der Waals surface area contributed by atoms with Crippen molar-refractivity contribution in [2.24, 2.45) is 0 Å². The molecule has 1 heterocycles. The third-order valence-electron chi connectivity index (χ3n) is 2.95. The van der Waals surface area contributed by atoms with Crippen molar-refractivity contribution in [3.63, 3.8) is 0 Å². The summed E-state index contributed by atoms with van der Waals surface area (Å²) in [6.07, 6.45) is -0.0774. The van der Waals surface area contributed by atoms with Crippen LogP contribution in [0.4, 0.5) is 4.79 Å². The summed E-state index contributed by atoms with van der Waals surface area (Å²) in [7, 11) is -3.03. The maximum Gasteiger partial charge on any atom is 0.407 e. The van der Waals surface area contributed by atoms with E-state index in [2.05, 4.69) is 5.32 Å². The molecule has 1 atom stereocenters. The molecule has 110 valence electrons. The highest BCUT2D eigenvalue weighted by Crippen LogP contribution is 2.17. The molecule has 0 saturated carbocycles. The lowest BCUT2D eigenvalue weighted by atomic mass is 10.2. The zero-order valence-corrected chi connectivity index (χ0v) is 12.0. The highest BCUT2D eigenvalue weighted by atomic mass is 32.2. The lowest BCUT2D eigenvalue weighted by Crippen LogP contribution is -2.44. The van der Waals surface area contributed by atoms with Gasteiger partial charge in [-0.1, -0.05) is 0 Å². The molecule has 2 amide bonds. The van der Waals surface area contributed by atoms with Gasteiger partial charge >= 0.3 is 6.09 Å². The van der Waals surface area contributed by atoms with Crippen LogP contribution in [0.3, 0.4) is 0 Å². The van der Waals surface area contributed by atoms with Crippen molar-refractivity contribution in [2.45, 2.75) is 26.3 Å². The number of amides is 2. The zero-order chi connectivity index (χ0) is 14.5. The minimum Gasteiger partial charge on any atom is -0.450 e. The minimum atomic E-state index is -3.03. The topological polar surface area (TPSA) is 92.8 Å². The van der Waals surface area contributed by atoms with Crippen molar-refractivity contribution in [2.75, 3.05) is 31.2 Å². The Labute approximate surface area is 113 Å². The van der Waals surface area contributed by atoms with E-state index >= 15 is 0 Å². The minimum absolute atomic E-state index is 0.00594. The summed E-state index contributed by atoms with van der Waals surface area (Å²) in [5.41, 5.74) is 0. The van der Waals surface area contributed by atoms with Crippen molar-refractivity contribution in [3.05, 3.63) is 0 Å². The number of nitrogens with zero attached hydrogens (tertiary/aromatic N) is 1. The van der Waals surface area contributed by atoms with Gasteiger partial charge in [-0.15, -0.1) is 0 Å². The number of carbonyl (C=O) groups excluding carboxylic acids is 2. The number of carbonyl (C=O) groups is 2. The van der Waals surface area contributed by atoms with Gasteiger partial charge in [-0.25, -0.2) is 13.2 Å². The predicted molar refractivity (Wildman–Crippen MR) is 69.5 cm³/mol. The number of hydrogen-bond acceptors (Lipinski definition) is 5. The van der Waals surface area contributed by atoms with Gasteiger partial charge in [0.05, 0.1) is 18.1 Å². The first-order chi connectivity index (χ1) is 8.85. The van der Waals surface area contributed by atoms with E-state index < -0.39 is 15.9 Å². The lowest BCUT2D eigenvalue weighted by molar-refractivity contribution is -0.130. The molecule has 1 N–H and O–H groups in total. The van der Waals surface area contributed by atoms with Crippen molar-refractivity contribution in [1.29, 1.82) is 0 Å². The molecule has 1 saturated heterocycles. The predicted octanol–water partition coefficient (Wildman–Crippen LogP) is -0.232. The van der Waals surface area contributed by atoms with E-state index in [-0.39, 0.29) is 43.2 Å². The van der Waals surface area contributed by atoms with Crippen LogP contribution in [0.1, 0.15) is 20.3 Å². The first-order valence-corrected chi connectivity index (χ1v) is 8.06. The molecular weight excluding hydrogens is 272 g/mol. The molecule has 0 aromatic heterocycles. The van der Waals surface area contributed by atoms with E-state index in [4.69, 9.17) is 4.74 Å². The Morgan fingerprint density at radius 3 is 2.58 bits per heavy atom. The Balaban J connectivity index is 2.46. The zero-order valence-electron chi connectivity index (χ0n) is 11.2. The maximum absolute atomic E-state index is 11.5. The summed E-state index contributed by atoms with van der Waals surface area (Å²) >= 11 is 0. The molecule has 0 aliphatic carbocycles. The van der Waals surface area contributed by atoms with Crippen LogP contribution in [0, 0.1) is 0 Å². The average molecular weight is 292 g/mol. The van der Waals surface area contributed by atoms with E-state index in [1.807, 2.05) is 0 Å². The largest absolute Gasteiger partial charge is 0.450 e. The van der Waals surface area contributed by atoms with Crippen molar-refractivity contribution in [3.8, 4) is 0 Å². The molecule has 0 aromatic rings. The van der Waals surface area contributed by atoms with Crippen LogP contribution >= 0.6 is 0 Å². The van der Waals surface area contributed by atoms with Gasteiger partial charge in [0, 0.05) is 26.1 Å². The number of alkyl carbamates (subject to hydrolysis) is 1. The molecule has 1 fully saturated rings. The lowest BCUT2D eigenvalue weighted by Gasteiger charge is -2.26. The third-order valence-corrected chi connectivity index (χ3v) is 4.70. The number of ether oxygens (including phenoxy) is 1. The Hall–Kier alpha value is -1.31. The van der Waals surface area contributed by atoms with Crippen molar-refractivity contribution < 1.29 is 22.7 Å². The van der Waals surface area contributed by atoms with Crippen LogP contribution in [-0.4, -0.2) is 62.6 Å². The normalized spacial score (nSPS) is 20.8. The highest BCUT2D eigenvalue weighted by Gasteiger charge is 2.33. The van der Waals surface area contributed by atoms with Crippen LogP contribution in [0.25, 0.3) is 0 Å².